The van der Waals surface area contributed by atoms with Gasteiger partial charge in [-0.1, -0.05) is 42.5 Å². The van der Waals surface area contributed by atoms with Gasteiger partial charge in [0.2, 0.25) is 5.91 Å². The predicted octanol–water partition coefficient (Wildman–Crippen LogP) is 6.29. The molecule has 0 saturated carbocycles. The number of thioether (sulfide) groups is 1. The number of amides is 2. The molecule has 9 nitrogen and oxygen atoms in total. The lowest BCUT2D eigenvalue weighted by atomic mass is 10.0. The smallest absolute Gasteiger partial charge is 0.412 e. The van der Waals surface area contributed by atoms with Gasteiger partial charge in [-0.3, -0.25) is 10.1 Å². The number of hydrogen-bond donors (Lipinski definition) is 4. The van der Waals surface area contributed by atoms with E-state index in [1.54, 1.807) is 84.6 Å². The second-order valence-electron chi connectivity index (χ2n) is 9.16. The van der Waals surface area contributed by atoms with Crippen LogP contribution in [0, 0.1) is 0 Å². The molecule has 2 amide bonds. The Morgan fingerprint density at radius 2 is 1.63 bits per heavy atom. The van der Waals surface area contributed by atoms with Crippen molar-refractivity contribution >= 4 is 40.8 Å². The van der Waals surface area contributed by atoms with Crippen LogP contribution in [0.2, 0.25) is 0 Å². The normalized spacial score (nSPS) is 12.2. The first-order chi connectivity index (χ1) is 20.9. The predicted molar refractivity (Wildman–Crippen MR) is 170 cm³/mol. The average molecular weight is 600 g/mol. The lowest BCUT2D eigenvalue weighted by molar-refractivity contribution is -0.112. The number of ether oxygens (including phenoxy) is 3. The van der Waals surface area contributed by atoms with Crippen LogP contribution in [0.1, 0.15) is 11.7 Å². The molecule has 0 spiro atoms. The van der Waals surface area contributed by atoms with E-state index in [0.717, 1.165) is 4.90 Å². The monoisotopic (exact) mass is 599 g/mol. The number of nitrogens with one attached hydrogen (secondary N) is 2. The molecule has 5 N–H and O–H groups in total. The fourth-order valence-electron chi connectivity index (χ4n) is 4.03. The van der Waals surface area contributed by atoms with Crippen LogP contribution in [-0.2, 0) is 9.53 Å². The second kappa shape index (κ2) is 15.9. The van der Waals surface area contributed by atoms with E-state index in [-0.39, 0.29) is 13.2 Å². The molecule has 222 valence electrons. The number of rotatable bonds is 13. The highest BCUT2D eigenvalue weighted by Crippen LogP contribution is 2.30. The van der Waals surface area contributed by atoms with Crippen LogP contribution >= 0.6 is 11.8 Å². The summed E-state index contributed by atoms with van der Waals surface area (Å²) < 4.78 is 17.8. The van der Waals surface area contributed by atoms with Crippen molar-refractivity contribution in [3.8, 4) is 11.5 Å². The molecule has 0 bridgehead atoms. The molecule has 0 unspecified atom stereocenters. The van der Waals surface area contributed by atoms with E-state index in [1.165, 1.54) is 12.2 Å². The minimum absolute atomic E-state index is 0.0914. The van der Waals surface area contributed by atoms with Gasteiger partial charge in [0, 0.05) is 22.2 Å². The van der Waals surface area contributed by atoms with Crippen LogP contribution in [0.25, 0.3) is 0 Å². The summed E-state index contributed by atoms with van der Waals surface area (Å²) in [6, 6.07) is 30.2. The van der Waals surface area contributed by atoms with Crippen molar-refractivity contribution in [3.05, 3.63) is 121 Å². The Morgan fingerprint density at radius 1 is 0.907 bits per heavy atom. The molecule has 10 heteroatoms. The van der Waals surface area contributed by atoms with Gasteiger partial charge in [0.15, 0.2) is 12.2 Å². The van der Waals surface area contributed by atoms with Crippen LogP contribution < -0.4 is 25.8 Å². The fraction of sp³-hybridized carbons (Fsp3) is 0.152. The lowest BCUT2D eigenvalue weighted by Crippen LogP contribution is -2.30. The summed E-state index contributed by atoms with van der Waals surface area (Å²) in [4.78, 5) is 27.1. The third kappa shape index (κ3) is 9.56. The summed E-state index contributed by atoms with van der Waals surface area (Å²) in [5, 5.41) is 14.7. The molecule has 0 aromatic heterocycles. The highest BCUT2D eigenvalue weighted by Gasteiger charge is 2.28. The van der Waals surface area contributed by atoms with Crippen LogP contribution in [0.4, 0.5) is 21.9 Å². The number of carbonyl (C=O) groups excluding carboxylic acids is 2. The first kappa shape index (κ1) is 31.0. The summed E-state index contributed by atoms with van der Waals surface area (Å²) in [6.07, 6.45) is 2.11. The summed E-state index contributed by atoms with van der Waals surface area (Å²) in [5.41, 5.74) is 7.96. The average Bonchev–Trinajstić information content (AvgIpc) is 3.03. The van der Waals surface area contributed by atoms with E-state index in [2.05, 4.69) is 10.6 Å². The van der Waals surface area contributed by atoms with Gasteiger partial charge in [0.1, 0.15) is 18.1 Å². The highest BCUT2D eigenvalue weighted by molar-refractivity contribution is 7.98. The Labute approximate surface area is 254 Å². The molecule has 2 atom stereocenters. The SMILES string of the molecule is CSc1ccc(NC(=O)O[C@@H](c2cccc(OCCO)c2)[C@H](/C=C/C(=O)Nc2ccccc2N)Oc2ccccc2)cc1. The van der Waals surface area contributed by atoms with Gasteiger partial charge in [-0.25, -0.2) is 4.79 Å². The van der Waals surface area contributed by atoms with Crippen LogP contribution in [0.3, 0.4) is 0 Å². The molecule has 0 aliphatic carbocycles. The first-order valence-corrected chi connectivity index (χ1v) is 14.7. The zero-order valence-corrected chi connectivity index (χ0v) is 24.3. The van der Waals surface area contributed by atoms with Gasteiger partial charge in [-0.15, -0.1) is 11.8 Å². The Balaban J connectivity index is 1.65. The first-order valence-electron chi connectivity index (χ1n) is 13.5. The molecular weight excluding hydrogens is 566 g/mol. The van der Waals surface area contributed by atoms with Gasteiger partial charge < -0.3 is 30.4 Å². The standard InChI is InChI=1S/C33H33N3O6S/c1-43-27-16-14-24(15-17-27)35-33(39)42-32(23-8-7-11-26(22-23)40-21-20-37)30(41-25-9-3-2-4-10-25)18-19-31(38)36-29-13-6-5-12-28(29)34/h2-19,22,30,32,37H,20-21,34H2,1H3,(H,35,39)(H,36,38)/b19-18+/t30-,32-/m0/s1. The van der Waals surface area contributed by atoms with Crippen LogP contribution in [0.5, 0.6) is 11.5 Å². The van der Waals surface area contributed by atoms with Crippen molar-refractivity contribution in [1.29, 1.82) is 0 Å². The molecule has 0 heterocycles. The number of anilines is 3. The minimum atomic E-state index is -1.02. The molecule has 0 fully saturated rings. The lowest BCUT2D eigenvalue weighted by Gasteiger charge is -2.26. The van der Waals surface area contributed by atoms with Gasteiger partial charge in [-0.05, 0) is 73.0 Å². The molecule has 0 saturated heterocycles. The van der Waals surface area contributed by atoms with E-state index in [0.29, 0.717) is 34.1 Å². The van der Waals surface area contributed by atoms with Crippen LogP contribution in [-0.4, -0.2) is 42.7 Å². The number of aliphatic hydroxyl groups excluding tert-OH is 1. The largest absolute Gasteiger partial charge is 0.491 e. The molecule has 0 aliphatic rings. The zero-order valence-electron chi connectivity index (χ0n) is 23.5. The maximum Gasteiger partial charge on any atom is 0.412 e. The summed E-state index contributed by atoms with van der Waals surface area (Å²) >= 11 is 1.59. The number of aliphatic hydroxyl groups is 1. The summed E-state index contributed by atoms with van der Waals surface area (Å²) in [7, 11) is 0. The number of hydrogen-bond acceptors (Lipinski definition) is 8. The van der Waals surface area contributed by atoms with E-state index >= 15 is 0 Å². The zero-order chi connectivity index (χ0) is 30.4. The number of benzene rings is 4. The van der Waals surface area contributed by atoms with Crippen molar-refractivity contribution in [1.82, 2.24) is 0 Å². The van der Waals surface area contributed by atoms with E-state index in [9.17, 15) is 14.7 Å². The molecule has 4 aromatic rings. The molecule has 0 aliphatic heterocycles. The van der Waals surface area contributed by atoms with Gasteiger partial charge in [-0.2, -0.15) is 0 Å². The Morgan fingerprint density at radius 3 is 2.35 bits per heavy atom. The molecule has 4 rings (SSSR count). The fourth-order valence-corrected chi connectivity index (χ4v) is 4.44. The Bertz CT molecular complexity index is 1510. The summed E-state index contributed by atoms with van der Waals surface area (Å²) in [5.74, 6) is 0.517. The maximum absolute atomic E-state index is 13.2. The molecule has 0 radical (unpaired) electrons. The van der Waals surface area contributed by atoms with Crippen molar-refractivity contribution < 1.29 is 28.9 Å². The topological polar surface area (TPSA) is 132 Å². The van der Waals surface area contributed by atoms with Crippen molar-refractivity contribution in [3.63, 3.8) is 0 Å². The maximum atomic E-state index is 13.2. The van der Waals surface area contributed by atoms with E-state index in [4.69, 9.17) is 19.9 Å². The van der Waals surface area contributed by atoms with Crippen molar-refractivity contribution in [2.45, 2.75) is 17.1 Å². The molecule has 4 aromatic carbocycles. The Hall–Kier alpha value is -4.93. The third-order valence-corrected chi connectivity index (χ3v) is 6.83. The highest BCUT2D eigenvalue weighted by atomic mass is 32.2. The number of nitrogens with two attached hydrogens (primary N) is 1. The molecular formula is C33H33N3O6S. The number of carbonyl (C=O) groups is 2. The van der Waals surface area contributed by atoms with Crippen molar-refractivity contribution in [2.24, 2.45) is 0 Å². The van der Waals surface area contributed by atoms with E-state index in [1.807, 2.05) is 36.6 Å². The third-order valence-electron chi connectivity index (χ3n) is 6.09. The van der Waals surface area contributed by atoms with Crippen LogP contribution in [0.15, 0.2) is 120 Å². The minimum Gasteiger partial charge on any atom is -0.491 e. The van der Waals surface area contributed by atoms with Crippen molar-refractivity contribution in [2.75, 3.05) is 35.8 Å². The van der Waals surface area contributed by atoms with Gasteiger partial charge >= 0.3 is 6.09 Å². The Kier molecular flexibility index (Phi) is 11.5. The number of nitrogen functional groups attached to an aromatic ring is 1. The van der Waals surface area contributed by atoms with Gasteiger partial charge in [0.05, 0.1) is 18.0 Å². The number of para-hydroxylation sites is 3. The summed E-state index contributed by atoms with van der Waals surface area (Å²) in [6.45, 7) is -0.0699. The second-order valence-corrected chi connectivity index (χ2v) is 10.0. The van der Waals surface area contributed by atoms with E-state index < -0.39 is 24.2 Å². The van der Waals surface area contributed by atoms with Gasteiger partial charge in [0.25, 0.3) is 0 Å². The quantitative estimate of drug-likeness (QED) is 0.0801. The molecule has 43 heavy (non-hydrogen) atoms.